The van der Waals surface area contributed by atoms with Gasteiger partial charge in [-0.3, -0.25) is 4.79 Å². The van der Waals surface area contributed by atoms with E-state index in [1.807, 2.05) is 25.2 Å². The van der Waals surface area contributed by atoms with Crippen molar-refractivity contribution in [3.63, 3.8) is 0 Å². The summed E-state index contributed by atoms with van der Waals surface area (Å²) in [6, 6.07) is 0. The van der Waals surface area contributed by atoms with Gasteiger partial charge in [0, 0.05) is 31.1 Å². The summed E-state index contributed by atoms with van der Waals surface area (Å²) in [4.78, 5) is 23.2. The Morgan fingerprint density at radius 2 is 1.91 bits per heavy atom. The molecule has 0 aromatic rings. The molecular formula is C26H42O7. The van der Waals surface area contributed by atoms with Crippen LogP contribution >= 0.6 is 0 Å². The van der Waals surface area contributed by atoms with Crippen LogP contribution in [0, 0.1) is 11.8 Å². The van der Waals surface area contributed by atoms with E-state index in [-0.39, 0.29) is 31.0 Å². The van der Waals surface area contributed by atoms with E-state index in [0.717, 1.165) is 50.7 Å². The first-order chi connectivity index (χ1) is 15.9. The molecule has 7 nitrogen and oxygen atoms in total. The first-order valence-electron chi connectivity index (χ1n) is 12.7. The van der Waals surface area contributed by atoms with E-state index < -0.39 is 24.1 Å². The van der Waals surface area contributed by atoms with Crippen molar-refractivity contribution in [2.75, 3.05) is 13.2 Å². The number of aliphatic hydroxyl groups excluding tert-OH is 2. The van der Waals surface area contributed by atoms with E-state index in [9.17, 15) is 19.8 Å². The number of esters is 2. The number of aliphatic hydroxyl groups is 2. The highest BCUT2D eigenvalue weighted by Crippen LogP contribution is 2.45. The third kappa shape index (κ3) is 9.88. The maximum Gasteiger partial charge on any atom is 0.344 e. The SMILES string of the molecule is CCCCCC(O)/C=C/[C@H]1C(O)CC2O/C(=C\CCCC(=O)OCC(=O)OCCCC)C[C@@H]21. The van der Waals surface area contributed by atoms with Crippen molar-refractivity contribution in [1.82, 2.24) is 0 Å². The highest BCUT2D eigenvalue weighted by Gasteiger charge is 2.46. The second kappa shape index (κ2) is 15.1. The molecule has 0 aromatic carbocycles. The zero-order valence-corrected chi connectivity index (χ0v) is 20.2. The molecule has 188 valence electrons. The lowest BCUT2D eigenvalue weighted by Gasteiger charge is -2.16. The molecule has 3 unspecified atom stereocenters. The predicted octanol–water partition coefficient (Wildman–Crippen LogP) is 4.21. The van der Waals surface area contributed by atoms with Crippen LogP contribution in [0.1, 0.15) is 84.5 Å². The Morgan fingerprint density at radius 1 is 1.12 bits per heavy atom. The van der Waals surface area contributed by atoms with Crippen molar-refractivity contribution in [3.8, 4) is 0 Å². The molecule has 1 saturated heterocycles. The summed E-state index contributed by atoms with van der Waals surface area (Å²) in [5.41, 5.74) is 0. The maximum atomic E-state index is 11.8. The number of allylic oxidation sites excluding steroid dienone is 2. The van der Waals surface area contributed by atoms with Crippen molar-refractivity contribution in [3.05, 3.63) is 24.0 Å². The quantitative estimate of drug-likeness (QED) is 0.212. The number of fused-ring (bicyclic) bond motifs is 1. The summed E-state index contributed by atoms with van der Waals surface area (Å²) in [6.45, 7) is 4.17. The van der Waals surface area contributed by atoms with Crippen LogP contribution in [0.15, 0.2) is 24.0 Å². The fourth-order valence-electron chi connectivity index (χ4n) is 4.43. The fraction of sp³-hybridized carbons (Fsp3) is 0.769. The van der Waals surface area contributed by atoms with Gasteiger partial charge in [-0.05, 0) is 31.8 Å². The van der Waals surface area contributed by atoms with Gasteiger partial charge in [0.2, 0.25) is 0 Å². The van der Waals surface area contributed by atoms with Gasteiger partial charge in [0.15, 0.2) is 6.61 Å². The van der Waals surface area contributed by atoms with E-state index in [1.54, 1.807) is 0 Å². The molecule has 1 aliphatic heterocycles. The maximum absolute atomic E-state index is 11.8. The molecule has 1 heterocycles. The van der Waals surface area contributed by atoms with Crippen LogP contribution in [0.3, 0.4) is 0 Å². The largest absolute Gasteiger partial charge is 0.495 e. The monoisotopic (exact) mass is 466 g/mol. The van der Waals surface area contributed by atoms with Crippen LogP contribution in [0.4, 0.5) is 0 Å². The van der Waals surface area contributed by atoms with Crippen molar-refractivity contribution in [1.29, 1.82) is 0 Å². The van der Waals surface area contributed by atoms with E-state index in [0.29, 0.717) is 25.9 Å². The third-order valence-corrected chi connectivity index (χ3v) is 6.36. The van der Waals surface area contributed by atoms with Gasteiger partial charge in [0.25, 0.3) is 0 Å². The van der Waals surface area contributed by atoms with Gasteiger partial charge in [-0.15, -0.1) is 0 Å². The predicted molar refractivity (Wildman–Crippen MR) is 125 cm³/mol. The first kappa shape index (κ1) is 27.4. The van der Waals surface area contributed by atoms with Crippen molar-refractivity contribution in [2.24, 2.45) is 11.8 Å². The standard InChI is InChI=1S/C26H42O7/c1-3-5-7-10-19(27)13-14-21-22-16-20(33-24(22)17-23(21)28)11-8-9-12-25(29)32-18-26(30)31-15-6-4-2/h11,13-14,19,21-24,27-28H,3-10,12,15-18H2,1-2H3/b14-13+,20-11-/t19?,21-,22-,23?,24?/m1/s1. The van der Waals surface area contributed by atoms with Crippen molar-refractivity contribution >= 4 is 11.9 Å². The molecule has 2 rings (SSSR count). The summed E-state index contributed by atoms with van der Waals surface area (Å²) in [7, 11) is 0. The Kier molecular flexibility index (Phi) is 12.5. The number of carbonyl (C=O) groups is 2. The van der Waals surface area contributed by atoms with Gasteiger partial charge in [-0.25, -0.2) is 4.79 Å². The average Bonchev–Trinajstić information content (AvgIpc) is 3.30. The normalized spacial score (nSPS) is 26.4. The molecule has 7 heteroatoms. The topological polar surface area (TPSA) is 102 Å². The zero-order chi connectivity index (χ0) is 24.1. The molecule has 0 amide bonds. The van der Waals surface area contributed by atoms with Gasteiger partial charge in [0.05, 0.1) is 24.6 Å². The third-order valence-electron chi connectivity index (χ3n) is 6.36. The van der Waals surface area contributed by atoms with Crippen LogP contribution in [0.2, 0.25) is 0 Å². The van der Waals surface area contributed by atoms with E-state index >= 15 is 0 Å². The Bertz CT molecular complexity index is 657. The second-order valence-electron chi connectivity index (χ2n) is 9.15. The lowest BCUT2D eigenvalue weighted by atomic mass is 9.90. The van der Waals surface area contributed by atoms with Gasteiger partial charge in [0.1, 0.15) is 6.10 Å². The minimum absolute atomic E-state index is 0.00169. The summed E-state index contributed by atoms with van der Waals surface area (Å²) >= 11 is 0. The molecule has 2 aliphatic rings. The van der Waals surface area contributed by atoms with Crippen LogP contribution < -0.4 is 0 Å². The lowest BCUT2D eigenvalue weighted by Crippen LogP contribution is -2.18. The molecule has 1 saturated carbocycles. The van der Waals surface area contributed by atoms with Crippen LogP contribution in [-0.4, -0.2) is 53.7 Å². The summed E-state index contributed by atoms with van der Waals surface area (Å²) in [5, 5.41) is 20.6. The number of unbranched alkanes of at least 4 members (excludes halogenated alkanes) is 4. The van der Waals surface area contributed by atoms with Crippen LogP contribution in [0.25, 0.3) is 0 Å². The summed E-state index contributed by atoms with van der Waals surface area (Å²) in [6.07, 6.45) is 13.6. The highest BCUT2D eigenvalue weighted by molar-refractivity contribution is 5.76. The first-order valence-corrected chi connectivity index (χ1v) is 12.7. The number of rotatable bonds is 15. The van der Waals surface area contributed by atoms with Gasteiger partial charge in [-0.1, -0.05) is 51.7 Å². The fourth-order valence-corrected chi connectivity index (χ4v) is 4.43. The van der Waals surface area contributed by atoms with Gasteiger partial charge in [-0.2, -0.15) is 0 Å². The number of hydrogen-bond donors (Lipinski definition) is 2. The molecule has 0 aromatic heterocycles. The molecular weight excluding hydrogens is 424 g/mol. The Labute approximate surface area is 198 Å². The number of ether oxygens (including phenoxy) is 3. The Hall–Kier alpha value is -1.86. The van der Waals surface area contributed by atoms with Crippen LogP contribution in [0.5, 0.6) is 0 Å². The van der Waals surface area contributed by atoms with E-state index in [4.69, 9.17) is 14.2 Å². The smallest absolute Gasteiger partial charge is 0.344 e. The average molecular weight is 467 g/mol. The lowest BCUT2D eigenvalue weighted by molar-refractivity contribution is -0.158. The Morgan fingerprint density at radius 3 is 2.67 bits per heavy atom. The van der Waals surface area contributed by atoms with E-state index in [2.05, 4.69) is 6.92 Å². The molecule has 2 fully saturated rings. The van der Waals surface area contributed by atoms with E-state index in [1.165, 1.54) is 0 Å². The minimum Gasteiger partial charge on any atom is -0.495 e. The molecule has 5 atom stereocenters. The highest BCUT2D eigenvalue weighted by atomic mass is 16.6. The summed E-state index contributed by atoms with van der Waals surface area (Å²) < 4.78 is 15.9. The summed E-state index contributed by atoms with van der Waals surface area (Å²) in [5.74, 6) is 0.203. The van der Waals surface area contributed by atoms with Crippen molar-refractivity contribution in [2.45, 2.75) is 103 Å². The zero-order valence-electron chi connectivity index (χ0n) is 20.2. The molecule has 0 spiro atoms. The molecule has 2 N–H and O–H groups in total. The second-order valence-corrected chi connectivity index (χ2v) is 9.15. The Balaban J connectivity index is 1.67. The molecule has 0 bridgehead atoms. The molecule has 1 aliphatic carbocycles. The van der Waals surface area contributed by atoms with Gasteiger partial charge >= 0.3 is 11.9 Å². The number of hydrogen-bond acceptors (Lipinski definition) is 7. The molecule has 33 heavy (non-hydrogen) atoms. The van der Waals surface area contributed by atoms with Gasteiger partial charge < -0.3 is 24.4 Å². The van der Waals surface area contributed by atoms with Crippen molar-refractivity contribution < 1.29 is 34.0 Å². The molecule has 0 radical (unpaired) electrons. The number of carbonyl (C=O) groups excluding carboxylic acids is 2. The van der Waals surface area contributed by atoms with Crippen LogP contribution in [-0.2, 0) is 23.8 Å². The minimum atomic E-state index is -0.510.